The molecule has 4 atom stereocenters. The zero-order chi connectivity index (χ0) is 30.2. The maximum absolute atomic E-state index is 2.59. The Labute approximate surface area is 266 Å². The highest BCUT2D eigenvalue weighted by Gasteiger charge is 2.59. The van der Waals surface area contributed by atoms with Gasteiger partial charge < -0.3 is 8.58 Å². The molecule has 2 heteroatoms. The van der Waals surface area contributed by atoms with E-state index in [1.165, 1.54) is 47.9 Å². The van der Waals surface area contributed by atoms with E-state index in [1.54, 1.807) is 32.7 Å². The van der Waals surface area contributed by atoms with Crippen LogP contribution in [0.5, 0.6) is 0 Å². The molecule has 0 radical (unpaired) electrons. The SMILES string of the molecule is CC1C2=C(C3=C1[C@@](C)(C(C)C)C(c1ccccc1)=C(c1ccccc1)[P-]3)P1C[C@@]2(C)C(c2ccccc2)=C1c1ccccc1. The van der Waals surface area contributed by atoms with Crippen molar-refractivity contribution in [2.45, 2.75) is 34.6 Å². The third kappa shape index (κ3) is 3.84. The van der Waals surface area contributed by atoms with E-state index in [4.69, 9.17) is 0 Å². The predicted molar refractivity (Wildman–Crippen MR) is 192 cm³/mol. The zero-order valence-corrected chi connectivity index (χ0v) is 28.1. The summed E-state index contributed by atoms with van der Waals surface area (Å²) in [5.41, 5.74) is 12.0. The van der Waals surface area contributed by atoms with Crippen molar-refractivity contribution in [3.05, 3.63) is 165 Å². The first-order valence-electron chi connectivity index (χ1n) is 16.1. The Bertz CT molecular complexity index is 1890. The van der Waals surface area contributed by atoms with Crippen molar-refractivity contribution < 1.29 is 0 Å². The van der Waals surface area contributed by atoms with Crippen molar-refractivity contribution in [3.63, 3.8) is 0 Å². The van der Waals surface area contributed by atoms with Crippen LogP contribution in [0.4, 0.5) is 0 Å². The lowest BCUT2D eigenvalue weighted by molar-refractivity contribution is 0.346. The fraction of sp³-hybridized carbons (Fsp3) is 0.238. The maximum Gasteiger partial charge on any atom is 0.0205 e. The summed E-state index contributed by atoms with van der Waals surface area (Å²) in [4.78, 5) is 0. The quantitative estimate of drug-likeness (QED) is 0.199. The van der Waals surface area contributed by atoms with Gasteiger partial charge in [-0.2, -0.15) is 10.6 Å². The van der Waals surface area contributed by atoms with Crippen molar-refractivity contribution in [1.82, 2.24) is 0 Å². The summed E-state index contributed by atoms with van der Waals surface area (Å²) in [5.74, 6) is 0.872. The van der Waals surface area contributed by atoms with Gasteiger partial charge >= 0.3 is 0 Å². The fourth-order valence-corrected chi connectivity index (χ4v) is 14.8. The Morgan fingerprint density at radius 2 is 1.07 bits per heavy atom. The van der Waals surface area contributed by atoms with Crippen LogP contribution in [0, 0.1) is 22.7 Å². The monoisotopic (exact) mass is 605 g/mol. The van der Waals surface area contributed by atoms with Crippen LogP contribution in [0.15, 0.2) is 143 Å². The summed E-state index contributed by atoms with van der Waals surface area (Å²) in [6, 6.07) is 45.2. The second kappa shape index (κ2) is 10.4. The van der Waals surface area contributed by atoms with E-state index in [2.05, 4.69) is 156 Å². The second-order valence-electron chi connectivity index (χ2n) is 13.5. The Morgan fingerprint density at radius 3 is 1.59 bits per heavy atom. The topological polar surface area (TPSA) is 0 Å². The van der Waals surface area contributed by atoms with E-state index in [9.17, 15) is 0 Å². The van der Waals surface area contributed by atoms with Crippen LogP contribution >= 0.6 is 16.5 Å². The molecule has 0 saturated carbocycles. The molecule has 4 aromatic carbocycles. The highest BCUT2D eigenvalue weighted by atomic mass is 31.1. The molecule has 4 aromatic rings. The van der Waals surface area contributed by atoms with Gasteiger partial charge in [0.25, 0.3) is 0 Å². The van der Waals surface area contributed by atoms with E-state index >= 15 is 0 Å². The van der Waals surface area contributed by atoms with Crippen LogP contribution in [0.1, 0.15) is 56.9 Å². The summed E-state index contributed by atoms with van der Waals surface area (Å²) < 4.78 is 0. The van der Waals surface area contributed by atoms with Gasteiger partial charge in [0.2, 0.25) is 0 Å². The van der Waals surface area contributed by atoms with Crippen LogP contribution in [-0.2, 0) is 0 Å². The van der Waals surface area contributed by atoms with E-state index in [0.717, 1.165) is 0 Å². The molecule has 2 bridgehead atoms. The summed E-state index contributed by atoms with van der Waals surface area (Å²) >= 11 is 0. The largest absolute Gasteiger partial charge is 0.471 e. The fourth-order valence-electron chi connectivity index (χ4n) is 8.86. The molecular weight excluding hydrogens is 566 g/mol. The molecule has 0 N–H and O–H groups in total. The average Bonchev–Trinajstić information content (AvgIpc) is 3.66. The van der Waals surface area contributed by atoms with Crippen molar-refractivity contribution >= 4 is 38.3 Å². The number of hydrogen-bond acceptors (Lipinski definition) is 0. The molecule has 44 heavy (non-hydrogen) atoms. The molecule has 1 aliphatic carbocycles. The first kappa shape index (κ1) is 28.2. The summed E-state index contributed by atoms with van der Waals surface area (Å²) in [6.07, 6.45) is 1.24. The first-order valence-corrected chi connectivity index (χ1v) is 18.5. The highest BCUT2D eigenvalue weighted by Crippen LogP contribution is 2.85. The normalized spacial score (nSPS) is 28.0. The lowest BCUT2D eigenvalue weighted by Crippen LogP contribution is -2.34. The van der Waals surface area contributed by atoms with Gasteiger partial charge in [-0.15, -0.1) is 0 Å². The summed E-state index contributed by atoms with van der Waals surface area (Å²) in [7, 11) is 0.900. The van der Waals surface area contributed by atoms with Crippen LogP contribution in [-0.4, -0.2) is 6.16 Å². The van der Waals surface area contributed by atoms with E-state index < -0.39 is 7.92 Å². The van der Waals surface area contributed by atoms with E-state index in [0.29, 0.717) is 11.8 Å². The van der Waals surface area contributed by atoms with Gasteiger partial charge in [-0.25, -0.2) is 0 Å². The minimum Gasteiger partial charge on any atom is -0.471 e. The van der Waals surface area contributed by atoms with Gasteiger partial charge in [-0.1, -0.05) is 173 Å². The molecule has 0 spiro atoms. The Kier molecular flexibility index (Phi) is 6.65. The molecule has 4 aliphatic rings. The van der Waals surface area contributed by atoms with Crippen LogP contribution < -0.4 is 0 Å². The zero-order valence-electron chi connectivity index (χ0n) is 26.3. The molecular formula is C42H39P2-. The van der Waals surface area contributed by atoms with Gasteiger partial charge in [0.05, 0.1) is 0 Å². The lowest BCUT2D eigenvalue weighted by Gasteiger charge is -2.52. The minimum absolute atomic E-state index is 0.0392. The van der Waals surface area contributed by atoms with E-state index in [-0.39, 0.29) is 10.8 Å². The Morgan fingerprint density at radius 1 is 0.591 bits per heavy atom. The molecule has 3 aliphatic heterocycles. The third-order valence-corrected chi connectivity index (χ3v) is 15.5. The van der Waals surface area contributed by atoms with Crippen LogP contribution in [0.25, 0.3) is 21.8 Å². The summed E-state index contributed by atoms with van der Waals surface area (Å²) in [6.45, 7) is 12.6. The van der Waals surface area contributed by atoms with Gasteiger partial charge in [0.1, 0.15) is 0 Å². The predicted octanol–water partition coefficient (Wildman–Crippen LogP) is 12.4. The van der Waals surface area contributed by atoms with Crippen molar-refractivity contribution in [2.75, 3.05) is 6.16 Å². The molecule has 0 amide bonds. The Hall–Kier alpha value is -3.30. The molecule has 0 nitrogen and oxygen atoms in total. The smallest absolute Gasteiger partial charge is 0.0205 e. The molecule has 0 aromatic heterocycles. The van der Waals surface area contributed by atoms with Crippen LogP contribution in [0.2, 0.25) is 0 Å². The Balaban J connectivity index is 1.38. The number of rotatable bonds is 5. The average molecular weight is 606 g/mol. The molecule has 218 valence electrons. The third-order valence-electron chi connectivity index (χ3n) is 10.9. The van der Waals surface area contributed by atoms with Gasteiger partial charge in [0.15, 0.2) is 0 Å². The summed E-state index contributed by atoms with van der Waals surface area (Å²) in [5, 5.41) is 6.50. The number of fused-ring (bicyclic) bond motifs is 5. The lowest BCUT2D eigenvalue weighted by atomic mass is 9.60. The van der Waals surface area contributed by atoms with E-state index in [1.807, 2.05) is 0 Å². The molecule has 3 heterocycles. The highest BCUT2D eigenvalue weighted by molar-refractivity contribution is 7.75. The van der Waals surface area contributed by atoms with Crippen molar-refractivity contribution in [2.24, 2.45) is 22.7 Å². The molecule has 0 saturated heterocycles. The maximum atomic E-state index is 2.59. The number of allylic oxidation sites excluding steroid dienone is 6. The molecule has 2 unspecified atom stereocenters. The first-order chi connectivity index (χ1) is 21.4. The molecule has 0 fully saturated rings. The second-order valence-corrected chi connectivity index (χ2v) is 16.7. The van der Waals surface area contributed by atoms with Gasteiger partial charge in [-0.05, 0) is 64.4 Å². The number of hydrogen-bond donors (Lipinski definition) is 0. The minimum atomic E-state index is -0.476. The van der Waals surface area contributed by atoms with Gasteiger partial charge in [-0.3, -0.25) is 0 Å². The standard InChI is InChI=1S/C42H39P2/c1-27(2)42(5)33-28(3)34-40(38(33)43-37(31-22-14-8-15-23-31)35(42)29-18-10-6-11-19-29)44-26-41(34,4)36(30-20-12-7-13-21-30)39(44)32-24-16-9-17-25-32/h6-25,27-28H,26H2,1-5H3/q-1/t28?,41-,42-,44?/m1/s1. The van der Waals surface area contributed by atoms with Crippen molar-refractivity contribution in [1.29, 1.82) is 0 Å². The van der Waals surface area contributed by atoms with Crippen LogP contribution in [0.3, 0.4) is 0 Å². The number of benzene rings is 4. The van der Waals surface area contributed by atoms with Gasteiger partial charge in [0, 0.05) is 10.8 Å². The van der Waals surface area contributed by atoms with Crippen molar-refractivity contribution in [3.8, 4) is 0 Å². The molecule has 8 rings (SSSR count).